The van der Waals surface area contributed by atoms with Crippen molar-refractivity contribution in [3.8, 4) is 0 Å². The van der Waals surface area contributed by atoms with Crippen molar-refractivity contribution in [1.29, 1.82) is 0 Å². The number of rotatable bonds is 5. The fourth-order valence-corrected chi connectivity index (χ4v) is 5.63. The van der Waals surface area contributed by atoms with Crippen LogP contribution in [0.1, 0.15) is 24.8 Å². The van der Waals surface area contributed by atoms with Gasteiger partial charge in [0.2, 0.25) is 16.9 Å². The van der Waals surface area contributed by atoms with Gasteiger partial charge in [-0.1, -0.05) is 35.9 Å². The molecule has 4 rings (SSSR count). The van der Waals surface area contributed by atoms with E-state index in [0.29, 0.717) is 30.0 Å². The van der Waals surface area contributed by atoms with Gasteiger partial charge in [-0.2, -0.15) is 0 Å². The number of imide groups is 1. The number of sulfonamides is 1. The maximum Gasteiger partial charge on any atom is 0.263 e. The molecule has 0 saturated carbocycles. The highest BCUT2D eigenvalue weighted by Crippen LogP contribution is 2.40. The second kappa shape index (κ2) is 7.51. The number of carbonyl (C=O) groups excluding carboxylic acids is 2. The predicted molar refractivity (Wildman–Crippen MR) is 109 cm³/mol. The lowest BCUT2D eigenvalue weighted by molar-refractivity contribution is -0.122. The van der Waals surface area contributed by atoms with E-state index in [0.717, 1.165) is 21.2 Å². The zero-order chi connectivity index (χ0) is 20.8. The number of nitrogens with one attached hydrogen (secondary N) is 1. The number of nitrogens with zero attached hydrogens (tertiary/aromatic N) is 3. The molecule has 1 aliphatic heterocycles. The molecule has 1 aromatic heterocycles. The first-order valence-corrected chi connectivity index (χ1v) is 11.7. The van der Waals surface area contributed by atoms with Gasteiger partial charge in [-0.15, -0.1) is 10.2 Å². The number of halogens is 1. The summed E-state index contributed by atoms with van der Waals surface area (Å²) >= 11 is 7.20. The van der Waals surface area contributed by atoms with E-state index in [1.807, 2.05) is 6.92 Å². The monoisotopic (exact) mass is 452 g/mol. The van der Waals surface area contributed by atoms with E-state index in [2.05, 4.69) is 14.9 Å². The van der Waals surface area contributed by atoms with Gasteiger partial charge < -0.3 is 0 Å². The Hall–Kier alpha value is -2.30. The molecule has 0 bridgehead atoms. The number of carbonyl (C=O) groups is 2. The first kappa shape index (κ1) is 20.0. The molecule has 1 saturated heterocycles. The lowest BCUT2D eigenvalue weighted by atomic mass is 9.85. The van der Waals surface area contributed by atoms with E-state index in [-0.39, 0.29) is 21.8 Å². The van der Waals surface area contributed by atoms with Crippen LogP contribution < -0.4 is 9.62 Å². The van der Waals surface area contributed by atoms with Crippen molar-refractivity contribution in [3.05, 3.63) is 40.4 Å². The molecule has 2 heterocycles. The number of fused-ring (bicyclic) bond motifs is 1. The first-order valence-electron chi connectivity index (χ1n) is 8.97. The summed E-state index contributed by atoms with van der Waals surface area (Å²) < 4.78 is 27.5. The Bertz CT molecular complexity index is 1110. The Labute approximate surface area is 176 Å². The van der Waals surface area contributed by atoms with E-state index in [4.69, 9.17) is 11.6 Å². The molecular formula is C18H17ClN4O4S2. The van der Waals surface area contributed by atoms with Gasteiger partial charge in [0.15, 0.2) is 0 Å². The average Bonchev–Trinajstić information content (AvgIpc) is 3.24. The molecule has 2 aromatic rings. The Morgan fingerprint density at radius 3 is 2.52 bits per heavy atom. The van der Waals surface area contributed by atoms with E-state index < -0.39 is 21.9 Å². The quantitative estimate of drug-likeness (QED) is 0.698. The minimum atomic E-state index is -3.86. The maximum absolute atomic E-state index is 12.7. The van der Waals surface area contributed by atoms with Gasteiger partial charge in [0.25, 0.3) is 10.0 Å². The number of anilines is 2. The number of aromatic nitrogens is 2. The van der Waals surface area contributed by atoms with Crippen molar-refractivity contribution in [1.82, 2.24) is 10.2 Å². The highest BCUT2D eigenvalue weighted by Gasteiger charge is 2.48. The van der Waals surface area contributed by atoms with Gasteiger partial charge in [-0.3, -0.25) is 19.2 Å². The largest absolute Gasteiger partial charge is 0.274 e. The number of hydrogen-bond acceptors (Lipinski definition) is 7. The van der Waals surface area contributed by atoms with Crippen LogP contribution in [0.25, 0.3) is 0 Å². The number of aryl methyl sites for hydroxylation is 1. The summed E-state index contributed by atoms with van der Waals surface area (Å²) in [6.45, 7) is 1.90. The SMILES string of the molecule is CCc1nnc(NS(=O)(=O)c2ccc(N3C(=O)[C@H]4CC(Cl)=CC[C@H]4C3=O)cc2)s1. The molecule has 2 aliphatic rings. The molecule has 0 radical (unpaired) electrons. The summed E-state index contributed by atoms with van der Waals surface area (Å²) in [5.41, 5.74) is 0.341. The minimum absolute atomic E-state index is 0.00396. The van der Waals surface area contributed by atoms with Crippen LogP contribution >= 0.6 is 22.9 Å². The number of amides is 2. The standard InChI is InChI=1S/C18H17ClN4O4S2/c1-2-15-20-21-18(28-15)22-29(26,27)12-6-4-11(5-7-12)23-16(24)13-8-3-10(19)9-14(13)17(23)25/h3-7,13-14H,2,8-9H2,1H3,(H,21,22)/t13-,14+/m1/s1. The van der Waals surface area contributed by atoms with E-state index in [1.165, 1.54) is 24.3 Å². The number of benzene rings is 1. The lowest BCUT2D eigenvalue weighted by Crippen LogP contribution is -2.30. The number of hydrogen-bond donors (Lipinski definition) is 1. The fourth-order valence-electron chi connectivity index (χ4n) is 3.47. The number of allylic oxidation sites excluding steroid dienone is 2. The Kier molecular flexibility index (Phi) is 5.18. The zero-order valence-corrected chi connectivity index (χ0v) is 17.7. The van der Waals surface area contributed by atoms with Gasteiger partial charge in [0.05, 0.1) is 22.4 Å². The van der Waals surface area contributed by atoms with Crippen LogP contribution in [0.5, 0.6) is 0 Å². The maximum atomic E-state index is 12.7. The van der Waals surface area contributed by atoms with Crippen LogP contribution in [0.4, 0.5) is 10.8 Å². The van der Waals surface area contributed by atoms with Crippen molar-refractivity contribution >= 4 is 55.6 Å². The summed E-state index contributed by atoms with van der Waals surface area (Å²) in [5.74, 6) is -1.47. The topological polar surface area (TPSA) is 109 Å². The molecule has 8 nitrogen and oxygen atoms in total. The second-order valence-corrected chi connectivity index (χ2v) is 10.00. The normalized spacial score (nSPS) is 21.9. The summed E-state index contributed by atoms with van der Waals surface area (Å²) in [5, 5.41) is 9.19. The Balaban J connectivity index is 1.55. The van der Waals surface area contributed by atoms with E-state index in [1.54, 1.807) is 6.08 Å². The molecule has 1 aliphatic carbocycles. The highest BCUT2D eigenvalue weighted by molar-refractivity contribution is 7.93. The van der Waals surface area contributed by atoms with Crippen molar-refractivity contribution in [2.75, 3.05) is 9.62 Å². The van der Waals surface area contributed by atoms with E-state index >= 15 is 0 Å². The minimum Gasteiger partial charge on any atom is -0.274 e. The third-order valence-corrected chi connectivity index (χ3v) is 7.74. The van der Waals surface area contributed by atoms with E-state index in [9.17, 15) is 18.0 Å². The van der Waals surface area contributed by atoms with Gasteiger partial charge in [0, 0.05) is 5.03 Å². The summed E-state index contributed by atoms with van der Waals surface area (Å²) in [6.07, 6.45) is 3.22. The molecule has 152 valence electrons. The third-order valence-electron chi connectivity index (χ3n) is 4.97. The van der Waals surface area contributed by atoms with Crippen LogP contribution in [0, 0.1) is 11.8 Å². The van der Waals surface area contributed by atoms with Crippen LogP contribution in [-0.4, -0.2) is 30.4 Å². The van der Waals surface area contributed by atoms with Crippen molar-refractivity contribution in [3.63, 3.8) is 0 Å². The Morgan fingerprint density at radius 2 is 1.86 bits per heavy atom. The highest BCUT2D eigenvalue weighted by atomic mass is 35.5. The van der Waals surface area contributed by atoms with Crippen LogP contribution in [0.2, 0.25) is 0 Å². The van der Waals surface area contributed by atoms with Crippen LogP contribution in [0.15, 0.2) is 40.3 Å². The summed E-state index contributed by atoms with van der Waals surface area (Å²) in [4.78, 5) is 26.5. The summed E-state index contributed by atoms with van der Waals surface area (Å²) in [6, 6.07) is 5.61. The first-order chi connectivity index (χ1) is 13.8. The Morgan fingerprint density at radius 1 is 1.17 bits per heavy atom. The van der Waals surface area contributed by atoms with Crippen molar-refractivity contribution < 1.29 is 18.0 Å². The molecule has 1 N–H and O–H groups in total. The van der Waals surface area contributed by atoms with Gasteiger partial charge in [-0.25, -0.2) is 8.42 Å². The fraction of sp³-hybridized carbons (Fsp3) is 0.333. The summed E-state index contributed by atoms with van der Waals surface area (Å²) in [7, 11) is -3.86. The van der Waals surface area contributed by atoms with Gasteiger partial charge >= 0.3 is 0 Å². The smallest absolute Gasteiger partial charge is 0.263 e. The molecule has 1 aromatic carbocycles. The molecule has 29 heavy (non-hydrogen) atoms. The lowest BCUT2D eigenvalue weighted by Gasteiger charge is -2.17. The second-order valence-electron chi connectivity index (χ2n) is 6.77. The predicted octanol–water partition coefficient (Wildman–Crippen LogP) is 2.92. The molecular weight excluding hydrogens is 436 g/mol. The van der Waals surface area contributed by atoms with Gasteiger partial charge in [-0.05, 0) is 43.5 Å². The molecule has 2 amide bonds. The molecule has 2 atom stereocenters. The average molecular weight is 453 g/mol. The molecule has 11 heteroatoms. The molecule has 0 spiro atoms. The van der Waals surface area contributed by atoms with Crippen LogP contribution in [-0.2, 0) is 26.0 Å². The van der Waals surface area contributed by atoms with Gasteiger partial charge in [0.1, 0.15) is 5.01 Å². The van der Waals surface area contributed by atoms with Crippen molar-refractivity contribution in [2.45, 2.75) is 31.1 Å². The molecule has 0 unspecified atom stereocenters. The molecule has 1 fully saturated rings. The third kappa shape index (κ3) is 3.67. The van der Waals surface area contributed by atoms with Crippen LogP contribution in [0.3, 0.4) is 0 Å². The van der Waals surface area contributed by atoms with Crippen molar-refractivity contribution in [2.24, 2.45) is 11.8 Å². The zero-order valence-electron chi connectivity index (χ0n) is 15.3.